The van der Waals surface area contributed by atoms with E-state index in [1.54, 1.807) is 12.1 Å². The molecular weight excluding hydrogens is 265 g/mol. The highest BCUT2D eigenvalue weighted by atomic mass is 35.5. The lowest BCUT2D eigenvalue weighted by Crippen LogP contribution is -2.12. The average molecular weight is 280 g/mol. The Morgan fingerprint density at radius 3 is 2.58 bits per heavy atom. The third kappa shape index (κ3) is 3.46. The Balaban J connectivity index is 2.02. The summed E-state index contributed by atoms with van der Waals surface area (Å²) >= 11 is 6.02. The van der Waals surface area contributed by atoms with Gasteiger partial charge >= 0.3 is 0 Å². The topological polar surface area (TPSA) is 32.3 Å². The van der Waals surface area contributed by atoms with Crippen molar-refractivity contribution in [1.82, 2.24) is 0 Å². The summed E-state index contributed by atoms with van der Waals surface area (Å²) in [6, 6.07) is 11.4. The molecule has 0 aliphatic carbocycles. The fourth-order valence-corrected chi connectivity index (χ4v) is 1.98. The summed E-state index contributed by atoms with van der Waals surface area (Å²) in [5.74, 6) is -0.311. The minimum Gasteiger partial charge on any atom is -0.387 e. The molecule has 0 radical (unpaired) electrons. The van der Waals surface area contributed by atoms with Crippen molar-refractivity contribution in [2.75, 3.05) is 11.9 Å². The summed E-state index contributed by atoms with van der Waals surface area (Å²) in [4.78, 5) is 0. The highest BCUT2D eigenvalue weighted by Crippen LogP contribution is 2.23. The van der Waals surface area contributed by atoms with Crippen LogP contribution in [0.1, 0.15) is 17.2 Å². The van der Waals surface area contributed by atoms with Gasteiger partial charge in [-0.25, -0.2) is 4.39 Å². The van der Waals surface area contributed by atoms with Gasteiger partial charge in [-0.3, -0.25) is 0 Å². The summed E-state index contributed by atoms with van der Waals surface area (Å²) in [6.07, 6.45) is -0.695. The fourth-order valence-electron chi connectivity index (χ4n) is 1.81. The first-order valence-electron chi connectivity index (χ1n) is 6.00. The number of nitrogens with one attached hydrogen (secondary N) is 1. The molecule has 0 saturated heterocycles. The second-order valence-electron chi connectivity index (χ2n) is 4.36. The van der Waals surface area contributed by atoms with Gasteiger partial charge in [0.15, 0.2) is 0 Å². The summed E-state index contributed by atoms with van der Waals surface area (Å²) in [5, 5.41) is 13.8. The van der Waals surface area contributed by atoms with Crippen LogP contribution in [0.3, 0.4) is 0 Å². The van der Waals surface area contributed by atoms with Gasteiger partial charge in [0.1, 0.15) is 5.82 Å². The van der Waals surface area contributed by atoms with Crippen molar-refractivity contribution in [2.24, 2.45) is 0 Å². The molecule has 1 unspecified atom stereocenters. The highest BCUT2D eigenvalue weighted by Gasteiger charge is 2.08. The molecule has 2 nitrogen and oxygen atoms in total. The van der Waals surface area contributed by atoms with E-state index in [-0.39, 0.29) is 5.82 Å². The van der Waals surface area contributed by atoms with E-state index in [9.17, 15) is 9.50 Å². The molecule has 2 aromatic rings. The van der Waals surface area contributed by atoms with E-state index < -0.39 is 6.10 Å². The number of aliphatic hydroxyl groups excluding tert-OH is 1. The predicted molar refractivity (Wildman–Crippen MR) is 76.0 cm³/mol. The van der Waals surface area contributed by atoms with Crippen LogP contribution in [-0.4, -0.2) is 11.7 Å². The zero-order valence-corrected chi connectivity index (χ0v) is 11.3. The number of rotatable bonds is 4. The SMILES string of the molecule is Cc1c(Cl)cccc1NCC(O)c1ccc(F)cc1. The fraction of sp³-hybridized carbons (Fsp3) is 0.200. The monoisotopic (exact) mass is 279 g/mol. The molecule has 0 bridgehead atoms. The van der Waals surface area contributed by atoms with Crippen molar-refractivity contribution in [1.29, 1.82) is 0 Å². The smallest absolute Gasteiger partial charge is 0.123 e. The molecule has 0 heterocycles. The van der Waals surface area contributed by atoms with Gasteiger partial charge < -0.3 is 10.4 Å². The van der Waals surface area contributed by atoms with Crippen LogP contribution >= 0.6 is 11.6 Å². The number of hydrogen-bond acceptors (Lipinski definition) is 2. The van der Waals surface area contributed by atoms with Crippen LogP contribution in [0, 0.1) is 12.7 Å². The molecule has 2 rings (SSSR count). The van der Waals surface area contributed by atoms with E-state index >= 15 is 0 Å². The standard InChI is InChI=1S/C15H15ClFNO/c1-10-13(16)3-2-4-14(10)18-9-15(19)11-5-7-12(17)8-6-11/h2-8,15,18-19H,9H2,1H3. The van der Waals surface area contributed by atoms with Gasteiger partial charge in [-0.05, 0) is 42.3 Å². The van der Waals surface area contributed by atoms with Gasteiger partial charge in [0.2, 0.25) is 0 Å². The van der Waals surface area contributed by atoms with Crippen LogP contribution < -0.4 is 5.32 Å². The maximum Gasteiger partial charge on any atom is 0.123 e. The summed E-state index contributed by atoms with van der Waals surface area (Å²) in [7, 11) is 0. The van der Waals surface area contributed by atoms with E-state index in [1.807, 2.05) is 25.1 Å². The zero-order valence-electron chi connectivity index (χ0n) is 10.5. The Bertz CT molecular complexity index is 557. The predicted octanol–water partition coefficient (Wildman–Crippen LogP) is 3.93. The maximum absolute atomic E-state index is 12.8. The Kier molecular flexibility index (Phi) is 4.40. The first-order valence-corrected chi connectivity index (χ1v) is 6.38. The molecule has 4 heteroatoms. The van der Waals surface area contributed by atoms with Crippen LogP contribution in [0.2, 0.25) is 5.02 Å². The van der Waals surface area contributed by atoms with Crippen molar-refractivity contribution >= 4 is 17.3 Å². The van der Waals surface area contributed by atoms with E-state index in [2.05, 4.69) is 5.32 Å². The van der Waals surface area contributed by atoms with Gasteiger partial charge in [0.25, 0.3) is 0 Å². The molecule has 0 aliphatic rings. The molecule has 0 spiro atoms. The normalized spacial score (nSPS) is 12.2. The second-order valence-corrected chi connectivity index (χ2v) is 4.77. The maximum atomic E-state index is 12.8. The van der Waals surface area contributed by atoms with E-state index in [1.165, 1.54) is 12.1 Å². The van der Waals surface area contributed by atoms with Gasteiger partial charge in [0, 0.05) is 17.3 Å². The molecule has 0 saturated carbocycles. The number of benzene rings is 2. The van der Waals surface area contributed by atoms with Crippen LogP contribution in [0.4, 0.5) is 10.1 Å². The minimum atomic E-state index is -0.695. The Morgan fingerprint density at radius 1 is 1.21 bits per heavy atom. The lowest BCUT2D eigenvalue weighted by Gasteiger charge is -2.15. The average Bonchev–Trinajstić information content (AvgIpc) is 2.41. The van der Waals surface area contributed by atoms with E-state index in [0.717, 1.165) is 11.3 Å². The molecule has 0 amide bonds. The molecule has 100 valence electrons. The quantitative estimate of drug-likeness (QED) is 0.889. The summed E-state index contributed by atoms with van der Waals surface area (Å²) < 4.78 is 12.8. The van der Waals surface area contributed by atoms with Crippen molar-refractivity contribution in [2.45, 2.75) is 13.0 Å². The van der Waals surface area contributed by atoms with Crippen molar-refractivity contribution in [3.63, 3.8) is 0 Å². The lowest BCUT2D eigenvalue weighted by molar-refractivity contribution is 0.191. The van der Waals surface area contributed by atoms with Gasteiger partial charge in [-0.2, -0.15) is 0 Å². The third-order valence-electron chi connectivity index (χ3n) is 3.01. The number of aliphatic hydroxyl groups is 1. The largest absolute Gasteiger partial charge is 0.387 e. The third-order valence-corrected chi connectivity index (χ3v) is 3.42. The van der Waals surface area contributed by atoms with Gasteiger partial charge in [-0.1, -0.05) is 29.8 Å². The van der Waals surface area contributed by atoms with E-state index in [4.69, 9.17) is 11.6 Å². The lowest BCUT2D eigenvalue weighted by atomic mass is 10.1. The van der Waals surface area contributed by atoms with E-state index in [0.29, 0.717) is 17.1 Å². The minimum absolute atomic E-state index is 0.311. The van der Waals surface area contributed by atoms with Gasteiger partial charge in [0.05, 0.1) is 6.10 Å². The van der Waals surface area contributed by atoms with Crippen molar-refractivity contribution < 1.29 is 9.50 Å². The molecule has 2 N–H and O–H groups in total. The second kappa shape index (κ2) is 6.04. The number of anilines is 1. The molecule has 2 aromatic carbocycles. The first-order chi connectivity index (χ1) is 9.08. The Hall–Kier alpha value is -1.58. The molecule has 0 fully saturated rings. The summed E-state index contributed by atoms with van der Waals surface area (Å²) in [5.41, 5.74) is 2.50. The Labute approximate surface area is 116 Å². The first kappa shape index (κ1) is 13.8. The molecule has 1 atom stereocenters. The number of hydrogen-bond donors (Lipinski definition) is 2. The van der Waals surface area contributed by atoms with Crippen LogP contribution in [0.25, 0.3) is 0 Å². The highest BCUT2D eigenvalue weighted by molar-refractivity contribution is 6.31. The molecule has 0 aliphatic heterocycles. The molecule has 19 heavy (non-hydrogen) atoms. The summed E-state index contributed by atoms with van der Waals surface area (Å²) in [6.45, 7) is 2.25. The van der Waals surface area contributed by atoms with Crippen LogP contribution in [0.15, 0.2) is 42.5 Å². The molecular formula is C15H15ClFNO. The van der Waals surface area contributed by atoms with Gasteiger partial charge in [-0.15, -0.1) is 0 Å². The molecule has 0 aromatic heterocycles. The number of halogens is 2. The van der Waals surface area contributed by atoms with Crippen molar-refractivity contribution in [3.8, 4) is 0 Å². The zero-order chi connectivity index (χ0) is 13.8. The Morgan fingerprint density at radius 2 is 1.89 bits per heavy atom. The van der Waals surface area contributed by atoms with Crippen LogP contribution in [-0.2, 0) is 0 Å². The van der Waals surface area contributed by atoms with Crippen LogP contribution in [0.5, 0.6) is 0 Å². The van der Waals surface area contributed by atoms with Crippen molar-refractivity contribution in [3.05, 3.63) is 64.4 Å².